The molecule has 0 unspecified atom stereocenters. The van der Waals surface area contributed by atoms with Crippen LogP contribution in [0.1, 0.15) is 37.7 Å². The van der Waals surface area contributed by atoms with Crippen molar-refractivity contribution in [3.63, 3.8) is 0 Å². The highest BCUT2D eigenvalue weighted by atomic mass is 16.4. The Morgan fingerprint density at radius 1 is 1.07 bits per heavy atom. The van der Waals surface area contributed by atoms with Gasteiger partial charge in [-0.15, -0.1) is 5.10 Å². The smallest absolute Gasteiger partial charge is 0.318 e. The number of rotatable bonds is 6. The summed E-state index contributed by atoms with van der Waals surface area (Å²) in [6.07, 6.45) is 5.55. The van der Waals surface area contributed by atoms with Crippen LogP contribution in [-0.4, -0.2) is 60.3 Å². The van der Waals surface area contributed by atoms with Crippen LogP contribution in [0, 0.1) is 12.8 Å². The molecule has 7 heteroatoms. The molecule has 2 saturated heterocycles. The van der Waals surface area contributed by atoms with Gasteiger partial charge in [-0.2, -0.15) is 0 Å². The Balaban J connectivity index is 1.23. The van der Waals surface area contributed by atoms with Gasteiger partial charge in [-0.1, -0.05) is 29.2 Å². The van der Waals surface area contributed by atoms with Gasteiger partial charge in [0.2, 0.25) is 11.8 Å². The van der Waals surface area contributed by atoms with E-state index in [9.17, 15) is 4.79 Å². The van der Waals surface area contributed by atoms with E-state index in [1.165, 1.54) is 37.9 Å². The van der Waals surface area contributed by atoms with Crippen molar-refractivity contribution in [2.24, 2.45) is 5.92 Å². The van der Waals surface area contributed by atoms with Gasteiger partial charge in [-0.05, 0) is 57.8 Å². The number of hydrogen-bond acceptors (Lipinski definition) is 6. The van der Waals surface area contributed by atoms with E-state index in [4.69, 9.17) is 4.42 Å². The Morgan fingerprint density at radius 3 is 2.52 bits per heavy atom. The Bertz CT molecular complexity index is 790. The summed E-state index contributed by atoms with van der Waals surface area (Å²) in [4.78, 5) is 17.0. The topological polar surface area (TPSA) is 74.5 Å². The van der Waals surface area contributed by atoms with E-state index in [-0.39, 0.29) is 11.8 Å². The second-order valence-corrected chi connectivity index (χ2v) is 8.21. The van der Waals surface area contributed by atoms with Crippen LogP contribution in [0.5, 0.6) is 0 Å². The Kier molecular flexibility index (Phi) is 6.44. The van der Waals surface area contributed by atoms with E-state index in [1.54, 1.807) is 0 Å². The third-order valence-electron chi connectivity index (χ3n) is 6.03. The van der Waals surface area contributed by atoms with E-state index in [2.05, 4.69) is 32.2 Å². The summed E-state index contributed by atoms with van der Waals surface area (Å²) in [7, 11) is 0. The van der Waals surface area contributed by atoms with Crippen molar-refractivity contribution in [2.45, 2.75) is 39.0 Å². The lowest BCUT2D eigenvalue weighted by atomic mass is 9.96. The van der Waals surface area contributed by atoms with Gasteiger partial charge in [0.15, 0.2) is 0 Å². The summed E-state index contributed by atoms with van der Waals surface area (Å²) in [5, 5.41) is 11.5. The number of amides is 1. The van der Waals surface area contributed by atoms with Gasteiger partial charge < -0.3 is 19.5 Å². The van der Waals surface area contributed by atoms with Crippen molar-refractivity contribution < 1.29 is 9.21 Å². The SMILES string of the molecule is Cc1ccc(-c2nnc(N3CCC(C(=O)NCCN4CCCCC4)CC3)o2)cc1. The van der Waals surface area contributed by atoms with Gasteiger partial charge in [-0.25, -0.2) is 0 Å². The summed E-state index contributed by atoms with van der Waals surface area (Å²) in [5.74, 6) is 0.803. The molecule has 4 rings (SSSR count). The first-order chi connectivity index (χ1) is 14.2. The molecular weight excluding hydrogens is 366 g/mol. The summed E-state index contributed by atoms with van der Waals surface area (Å²) >= 11 is 0. The van der Waals surface area contributed by atoms with Crippen molar-refractivity contribution in [3.05, 3.63) is 29.8 Å². The van der Waals surface area contributed by atoms with Crippen LogP contribution in [0.25, 0.3) is 11.5 Å². The maximum absolute atomic E-state index is 12.5. The Hall–Kier alpha value is -2.41. The van der Waals surface area contributed by atoms with Crippen LogP contribution in [-0.2, 0) is 4.79 Å². The molecular formula is C22H31N5O2. The standard InChI is InChI=1S/C22H31N5O2/c1-17-5-7-19(8-6-17)21-24-25-22(29-21)27-14-9-18(10-15-27)20(28)23-11-16-26-12-3-2-4-13-26/h5-8,18H,2-4,9-16H2,1H3,(H,23,28). The molecule has 0 atom stereocenters. The molecule has 0 bridgehead atoms. The molecule has 2 aromatic rings. The van der Waals surface area contributed by atoms with Crippen molar-refractivity contribution in [1.82, 2.24) is 20.4 Å². The van der Waals surface area contributed by atoms with Crippen LogP contribution < -0.4 is 10.2 Å². The van der Waals surface area contributed by atoms with Crippen molar-refractivity contribution >= 4 is 11.9 Å². The highest BCUT2D eigenvalue weighted by Gasteiger charge is 2.27. The van der Waals surface area contributed by atoms with E-state index in [0.29, 0.717) is 11.9 Å². The largest absolute Gasteiger partial charge is 0.403 e. The van der Waals surface area contributed by atoms with Crippen LogP contribution in [0.15, 0.2) is 28.7 Å². The number of hydrogen-bond donors (Lipinski definition) is 1. The van der Waals surface area contributed by atoms with E-state index >= 15 is 0 Å². The lowest BCUT2D eigenvalue weighted by Gasteiger charge is -2.30. The molecule has 1 N–H and O–H groups in total. The molecule has 2 aliphatic heterocycles. The molecule has 2 aliphatic rings. The second kappa shape index (κ2) is 9.39. The zero-order chi connectivity index (χ0) is 20.1. The monoisotopic (exact) mass is 397 g/mol. The fourth-order valence-electron chi connectivity index (χ4n) is 4.15. The third-order valence-corrected chi connectivity index (χ3v) is 6.03. The first-order valence-electron chi connectivity index (χ1n) is 10.8. The number of carbonyl (C=O) groups excluding carboxylic acids is 1. The van der Waals surface area contributed by atoms with Gasteiger partial charge in [0.05, 0.1) is 0 Å². The van der Waals surface area contributed by atoms with E-state index < -0.39 is 0 Å². The quantitative estimate of drug-likeness (QED) is 0.808. The highest BCUT2D eigenvalue weighted by molar-refractivity contribution is 5.78. The molecule has 0 saturated carbocycles. The number of nitrogens with one attached hydrogen (secondary N) is 1. The average Bonchev–Trinajstić information content (AvgIpc) is 3.25. The molecule has 2 fully saturated rings. The first kappa shape index (κ1) is 19.9. The predicted molar refractivity (Wildman–Crippen MR) is 113 cm³/mol. The summed E-state index contributed by atoms with van der Waals surface area (Å²) < 4.78 is 5.87. The second-order valence-electron chi connectivity index (χ2n) is 8.21. The molecule has 1 aromatic heterocycles. The van der Waals surface area contributed by atoms with Crippen molar-refractivity contribution in [2.75, 3.05) is 44.2 Å². The molecule has 29 heavy (non-hydrogen) atoms. The lowest BCUT2D eigenvalue weighted by molar-refractivity contribution is -0.125. The lowest BCUT2D eigenvalue weighted by Crippen LogP contribution is -2.43. The number of carbonyl (C=O) groups is 1. The fourth-order valence-corrected chi connectivity index (χ4v) is 4.15. The molecule has 1 aromatic carbocycles. The Morgan fingerprint density at radius 2 is 1.79 bits per heavy atom. The van der Waals surface area contributed by atoms with E-state index in [0.717, 1.165) is 44.6 Å². The van der Waals surface area contributed by atoms with Crippen LogP contribution in [0.4, 0.5) is 6.01 Å². The fraction of sp³-hybridized carbons (Fsp3) is 0.591. The number of anilines is 1. The van der Waals surface area contributed by atoms with Crippen LogP contribution in [0.2, 0.25) is 0 Å². The number of benzene rings is 1. The van der Waals surface area contributed by atoms with Crippen molar-refractivity contribution in [1.29, 1.82) is 0 Å². The third kappa shape index (κ3) is 5.15. The van der Waals surface area contributed by atoms with Gasteiger partial charge in [-0.3, -0.25) is 4.79 Å². The number of nitrogens with zero attached hydrogens (tertiary/aromatic N) is 4. The first-order valence-corrected chi connectivity index (χ1v) is 10.8. The number of aromatic nitrogens is 2. The predicted octanol–water partition coefficient (Wildman–Crippen LogP) is 2.86. The number of aryl methyl sites for hydroxylation is 1. The van der Waals surface area contributed by atoms with Gasteiger partial charge in [0.25, 0.3) is 0 Å². The maximum Gasteiger partial charge on any atom is 0.318 e. The van der Waals surface area contributed by atoms with Crippen LogP contribution in [0.3, 0.4) is 0 Å². The zero-order valence-electron chi connectivity index (χ0n) is 17.3. The van der Waals surface area contributed by atoms with E-state index in [1.807, 2.05) is 24.3 Å². The normalized spacial score (nSPS) is 18.7. The zero-order valence-corrected chi connectivity index (χ0v) is 17.3. The molecule has 3 heterocycles. The molecule has 0 spiro atoms. The molecule has 156 valence electrons. The van der Waals surface area contributed by atoms with Crippen molar-refractivity contribution in [3.8, 4) is 11.5 Å². The number of likely N-dealkylation sites (tertiary alicyclic amines) is 1. The number of piperidine rings is 2. The summed E-state index contributed by atoms with van der Waals surface area (Å²) in [6, 6.07) is 8.60. The van der Waals surface area contributed by atoms with Gasteiger partial charge in [0, 0.05) is 37.7 Å². The van der Waals surface area contributed by atoms with Crippen LogP contribution >= 0.6 is 0 Å². The highest BCUT2D eigenvalue weighted by Crippen LogP contribution is 2.26. The average molecular weight is 398 g/mol. The molecule has 0 radical (unpaired) electrons. The maximum atomic E-state index is 12.5. The molecule has 1 amide bonds. The summed E-state index contributed by atoms with van der Waals surface area (Å²) in [6.45, 7) is 7.64. The molecule has 0 aliphatic carbocycles. The minimum Gasteiger partial charge on any atom is -0.403 e. The van der Waals surface area contributed by atoms with Gasteiger partial charge in [0.1, 0.15) is 0 Å². The van der Waals surface area contributed by atoms with Gasteiger partial charge >= 0.3 is 6.01 Å². The summed E-state index contributed by atoms with van der Waals surface area (Å²) in [5.41, 5.74) is 2.13. The minimum absolute atomic E-state index is 0.0760. The molecule has 7 nitrogen and oxygen atoms in total. The Labute approximate surface area is 172 Å². The minimum atomic E-state index is 0.0760.